The zero-order chi connectivity index (χ0) is 23.4. The molecule has 168 valence electrons. The highest BCUT2D eigenvalue weighted by molar-refractivity contribution is 6.35. The normalized spacial score (nSPS) is 13.5. The van der Waals surface area contributed by atoms with Crippen LogP contribution < -0.4 is 15.5 Å². The van der Waals surface area contributed by atoms with E-state index >= 15 is 0 Å². The number of hydrogen-bond acceptors (Lipinski definition) is 6. The van der Waals surface area contributed by atoms with Crippen LogP contribution in [0, 0.1) is 0 Å². The van der Waals surface area contributed by atoms with E-state index < -0.39 is 11.8 Å². The van der Waals surface area contributed by atoms with E-state index in [1.54, 1.807) is 29.2 Å². The van der Waals surface area contributed by atoms with Crippen molar-refractivity contribution in [2.75, 3.05) is 35.3 Å². The number of rotatable bonds is 5. The van der Waals surface area contributed by atoms with Gasteiger partial charge in [0.15, 0.2) is 11.4 Å². The molecule has 3 amide bonds. The lowest BCUT2D eigenvalue weighted by molar-refractivity contribution is -0.125. The second kappa shape index (κ2) is 9.95. The van der Waals surface area contributed by atoms with E-state index in [2.05, 4.69) is 20.6 Å². The van der Waals surface area contributed by atoms with Crippen molar-refractivity contribution in [2.45, 2.75) is 0 Å². The van der Waals surface area contributed by atoms with E-state index in [9.17, 15) is 14.4 Å². The molecule has 3 aromatic rings. The summed E-state index contributed by atoms with van der Waals surface area (Å²) in [5.74, 6) is -1.39. The first-order chi connectivity index (χ1) is 15.9. The van der Waals surface area contributed by atoms with Gasteiger partial charge in [0, 0.05) is 46.0 Å². The molecule has 1 aliphatic rings. The van der Waals surface area contributed by atoms with Crippen molar-refractivity contribution < 1.29 is 19.1 Å². The Morgan fingerprint density at radius 3 is 2.03 bits per heavy atom. The Balaban J connectivity index is 1.49. The summed E-state index contributed by atoms with van der Waals surface area (Å²) in [5.41, 5.74) is 1.18. The standard InChI is InChI=1S/C22H17Cl2N5O4/c23-13-9-14(24)11-16(10-13)28-22(32)20-19(25-5-6-26-20)21(31)27-15-1-3-17(4-2-15)29-7-8-33-12-18(29)30/h1-6,9-11H,7-8,12H2,(H,27,31)(H,28,32). The van der Waals surface area contributed by atoms with Gasteiger partial charge >= 0.3 is 0 Å². The zero-order valence-electron chi connectivity index (χ0n) is 17.0. The van der Waals surface area contributed by atoms with E-state index in [1.165, 1.54) is 30.6 Å². The highest BCUT2D eigenvalue weighted by Crippen LogP contribution is 2.23. The Bertz CT molecular complexity index is 1200. The Kier molecular flexibility index (Phi) is 6.83. The number of nitrogens with one attached hydrogen (secondary N) is 2. The Morgan fingerprint density at radius 1 is 0.879 bits per heavy atom. The first-order valence-electron chi connectivity index (χ1n) is 9.79. The summed E-state index contributed by atoms with van der Waals surface area (Å²) in [7, 11) is 0. The molecule has 4 rings (SSSR count). The number of carbonyl (C=O) groups excluding carboxylic acids is 3. The number of aromatic nitrogens is 2. The van der Waals surface area contributed by atoms with E-state index in [1.807, 2.05) is 0 Å². The van der Waals surface area contributed by atoms with Gasteiger partial charge in [-0.2, -0.15) is 0 Å². The molecule has 11 heteroatoms. The summed E-state index contributed by atoms with van der Waals surface area (Å²) >= 11 is 11.9. The molecule has 1 aromatic heterocycles. The summed E-state index contributed by atoms with van der Waals surface area (Å²) in [6.07, 6.45) is 2.62. The van der Waals surface area contributed by atoms with Crippen molar-refractivity contribution in [2.24, 2.45) is 0 Å². The molecule has 0 spiro atoms. The maximum absolute atomic E-state index is 12.8. The topological polar surface area (TPSA) is 114 Å². The molecular formula is C22H17Cl2N5O4. The minimum absolute atomic E-state index is 0.0391. The maximum atomic E-state index is 12.8. The third-order valence-electron chi connectivity index (χ3n) is 4.67. The third-order valence-corrected chi connectivity index (χ3v) is 5.11. The van der Waals surface area contributed by atoms with Crippen LogP contribution >= 0.6 is 23.2 Å². The molecule has 1 aliphatic heterocycles. The van der Waals surface area contributed by atoms with Gasteiger partial charge < -0.3 is 20.3 Å². The number of carbonyl (C=O) groups is 3. The number of ether oxygens (including phenoxy) is 1. The number of amides is 3. The molecule has 33 heavy (non-hydrogen) atoms. The third kappa shape index (κ3) is 5.46. The van der Waals surface area contributed by atoms with E-state index in [0.717, 1.165) is 0 Å². The molecule has 2 aromatic carbocycles. The van der Waals surface area contributed by atoms with Gasteiger partial charge in [-0.15, -0.1) is 0 Å². The lowest BCUT2D eigenvalue weighted by Gasteiger charge is -2.26. The predicted octanol–water partition coefficient (Wildman–Crippen LogP) is 3.65. The molecule has 0 radical (unpaired) electrons. The molecule has 0 aliphatic carbocycles. The van der Waals surface area contributed by atoms with Crippen LogP contribution in [-0.4, -0.2) is 47.4 Å². The fourth-order valence-electron chi connectivity index (χ4n) is 3.19. The summed E-state index contributed by atoms with van der Waals surface area (Å²) in [5, 5.41) is 5.98. The van der Waals surface area contributed by atoms with Crippen molar-refractivity contribution in [1.82, 2.24) is 9.97 Å². The first-order valence-corrected chi connectivity index (χ1v) is 10.5. The van der Waals surface area contributed by atoms with Crippen LogP contribution in [0.3, 0.4) is 0 Å². The van der Waals surface area contributed by atoms with Gasteiger partial charge in [-0.25, -0.2) is 9.97 Å². The molecule has 2 heterocycles. The van der Waals surface area contributed by atoms with E-state index in [4.69, 9.17) is 27.9 Å². The lowest BCUT2D eigenvalue weighted by atomic mass is 10.2. The molecular weight excluding hydrogens is 469 g/mol. The zero-order valence-corrected chi connectivity index (χ0v) is 18.6. The van der Waals surface area contributed by atoms with Crippen LogP contribution in [0.1, 0.15) is 21.0 Å². The van der Waals surface area contributed by atoms with Gasteiger partial charge in [-0.1, -0.05) is 23.2 Å². The largest absolute Gasteiger partial charge is 0.370 e. The van der Waals surface area contributed by atoms with Gasteiger partial charge in [-0.3, -0.25) is 14.4 Å². The Labute approximate surface area is 198 Å². The second-order valence-electron chi connectivity index (χ2n) is 6.96. The molecule has 0 atom stereocenters. The van der Waals surface area contributed by atoms with Crippen LogP contribution in [-0.2, 0) is 9.53 Å². The van der Waals surface area contributed by atoms with Gasteiger partial charge in [-0.05, 0) is 42.5 Å². The minimum atomic E-state index is -0.646. The summed E-state index contributed by atoms with van der Waals surface area (Å²) < 4.78 is 5.13. The van der Waals surface area contributed by atoms with Crippen LogP contribution in [0.15, 0.2) is 54.9 Å². The summed E-state index contributed by atoms with van der Waals surface area (Å²) in [6, 6.07) is 11.3. The van der Waals surface area contributed by atoms with Crippen LogP contribution in [0.25, 0.3) is 0 Å². The van der Waals surface area contributed by atoms with Crippen molar-refractivity contribution in [3.63, 3.8) is 0 Å². The molecule has 1 fully saturated rings. The number of nitrogens with zero attached hydrogens (tertiary/aromatic N) is 3. The molecule has 0 saturated carbocycles. The quantitative estimate of drug-likeness (QED) is 0.569. The molecule has 0 bridgehead atoms. The predicted molar refractivity (Wildman–Crippen MR) is 124 cm³/mol. The number of morpholine rings is 1. The highest BCUT2D eigenvalue weighted by Gasteiger charge is 2.22. The maximum Gasteiger partial charge on any atom is 0.276 e. The molecule has 0 unspecified atom stereocenters. The first kappa shape index (κ1) is 22.7. The van der Waals surface area contributed by atoms with Crippen LogP contribution in [0.5, 0.6) is 0 Å². The number of benzene rings is 2. The number of hydrogen-bond donors (Lipinski definition) is 2. The average molecular weight is 486 g/mol. The fourth-order valence-corrected chi connectivity index (χ4v) is 3.72. The van der Waals surface area contributed by atoms with Crippen molar-refractivity contribution in [3.8, 4) is 0 Å². The smallest absolute Gasteiger partial charge is 0.276 e. The fraction of sp³-hybridized carbons (Fsp3) is 0.136. The minimum Gasteiger partial charge on any atom is -0.370 e. The van der Waals surface area contributed by atoms with Crippen LogP contribution in [0.2, 0.25) is 10.0 Å². The van der Waals surface area contributed by atoms with E-state index in [-0.39, 0.29) is 23.9 Å². The average Bonchev–Trinajstić information content (AvgIpc) is 2.79. The monoisotopic (exact) mass is 485 g/mol. The lowest BCUT2D eigenvalue weighted by Crippen LogP contribution is -2.41. The van der Waals surface area contributed by atoms with Crippen molar-refractivity contribution in [3.05, 3.63) is 76.3 Å². The van der Waals surface area contributed by atoms with Gasteiger partial charge in [0.1, 0.15) is 6.61 Å². The van der Waals surface area contributed by atoms with Gasteiger partial charge in [0.05, 0.1) is 6.61 Å². The van der Waals surface area contributed by atoms with Crippen molar-refractivity contribution in [1.29, 1.82) is 0 Å². The molecule has 9 nitrogen and oxygen atoms in total. The van der Waals surface area contributed by atoms with Gasteiger partial charge in [0.25, 0.3) is 17.7 Å². The number of anilines is 3. The highest BCUT2D eigenvalue weighted by atomic mass is 35.5. The summed E-state index contributed by atoms with van der Waals surface area (Å²) in [4.78, 5) is 47.2. The van der Waals surface area contributed by atoms with Gasteiger partial charge in [0.2, 0.25) is 0 Å². The van der Waals surface area contributed by atoms with Crippen LogP contribution in [0.4, 0.5) is 17.1 Å². The molecule has 1 saturated heterocycles. The molecule has 2 N–H and O–H groups in total. The Hall–Kier alpha value is -3.53. The Morgan fingerprint density at radius 2 is 1.45 bits per heavy atom. The number of halogens is 2. The van der Waals surface area contributed by atoms with E-state index in [0.29, 0.717) is 40.3 Å². The second-order valence-corrected chi connectivity index (χ2v) is 7.84. The van der Waals surface area contributed by atoms with Crippen molar-refractivity contribution >= 4 is 58.0 Å². The SMILES string of the molecule is O=C(Nc1ccc(N2CCOCC2=O)cc1)c1nccnc1C(=O)Nc1cc(Cl)cc(Cl)c1. The summed E-state index contributed by atoms with van der Waals surface area (Å²) in [6.45, 7) is 0.959.